The lowest BCUT2D eigenvalue weighted by atomic mass is 10.1. The molecular formula is C21H20N4O3S. The van der Waals surface area contributed by atoms with Gasteiger partial charge >= 0.3 is 0 Å². The molecule has 0 radical (unpaired) electrons. The Bertz CT molecular complexity index is 1230. The number of hydrogen-bond acceptors (Lipinski definition) is 6. The minimum atomic E-state index is -0.213. The number of thiophene rings is 1. The summed E-state index contributed by atoms with van der Waals surface area (Å²) in [6.45, 7) is 5.76. The summed E-state index contributed by atoms with van der Waals surface area (Å²) in [6.07, 6.45) is 1.64. The fourth-order valence-electron chi connectivity index (χ4n) is 3.16. The molecule has 0 aliphatic carbocycles. The molecule has 0 saturated heterocycles. The van der Waals surface area contributed by atoms with Crippen LogP contribution in [-0.2, 0) is 11.3 Å². The number of anilines is 1. The Morgan fingerprint density at radius 3 is 2.66 bits per heavy atom. The molecule has 148 valence electrons. The highest BCUT2D eigenvalue weighted by molar-refractivity contribution is 7.17. The van der Waals surface area contributed by atoms with Crippen molar-refractivity contribution < 1.29 is 9.32 Å². The van der Waals surface area contributed by atoms with E-state index in [1.807, 2.05) is 36.6 Å². The zero-order valence-corrected chi connectivity index (χ0v) is 17.2. The van der Waals surface area contributed by atoms with Gasteiger partial charge in [0.05, 0.1) is 11.7 Å². The normalized spacial score (nSPS) is 11.1. The Balaban J connectivity index is 1.58. The number of amides is 1. The molecule has 7 nitrogen and oxygen atoms in total. The minimum Gasteiger partial charge on any atom is -0.359 e. The van der Waals surface area contributed by atoms with Gasteiger partial charge in [0.15, 0.2) is 5.76 Å². The smallest absolute Gasteiger partial charge is 0.262 e. The van der Waals surface area contributed by atoms with Crippen molar-refractivity contribution in [1.29, 1.82) is 0 Å². The summed E-state index contributed by atoms with van der Waals surface area (Å²) in [5, 5.41) is 9.16. The van der Waals surface area contributed by atoms with Crippen LogP contribution in [0, 0.1) is 20.8 Å². The number of aryl methyl sites for hydroxylation is 4. The van der Waals surface area contributed by atoms with Crippen molar-refractivity contribution in [1.82, 2.24) is 14.7 Å². The van der Waals surface area contributed by atoms with Crippen molar-refractivity contribution >= 4 is 33.1 Å². The highest BCUT2D eigenvalue weighted by Gasteiger charge is 2.15. The molecule has 8 heteroatoms. The van der Waals surface area contributed by atoms with Gasteiger partial charge in [0.25, 0.3) is 5.56 Å². The summed E-state index contributed by atoms with van der Waals surface area (Å²) < 4.78 is 6.54. The SMILES string of the molecule is Cc1ccc(-c2csc3ncn(CCC(=O)Nc4c(C)noc4C)c(=O)c23)cc1. The van der Waals surface area contributed by atoms with Crippen LogP contribution in [0.1, 0.15) is 23.4 Å². The van der Waals surface area contributed by atoms with Gasteiger partial charge in [-0.3, -0.25) is 14.2 Å². The van der Waals surface area contributed by atoms with Crippen molar-refractivity contribution in [3.8, 4) is 11.1 Å². The molecule has 3 heterocycles. The van der Waals surface area contributed by atoms with Gasteiger partial charge in [-0.05, 0) is 26.3 Å². The number of benzene rings is 1. The number of aromatic nitrogens is 3. The number of nitrogens with zero attached hydrogens (tertiary/aromatic N) is 3. The van der Waals surface area contributed by atoms with Crippen LogP contribution in [0.2, 0.25) is 0 Å². The fraction of sp³-hybridized carbons (Fsp3) is 0.238. The van der Waals surface area contributed by atoms with E-state index in [0.29, 0.717) is 27.4 Å². The second-order valence-corrected chi connectivity index (χ2v) is 7.79. The molecule has 0 atom stereocenters. The maximum absolute atomic E-state index is 13.1. The molecule has 0 aliphatic rings. The summed E-state index contributed by atoms with van der Waals surface area (Å²) in [7, 11) is 0. The molecule has 0 bridgehead atoms. The third-order valence-corrected chi connectivity index (χ3v) is 5.69. The molecule has 1 aromatic carbocycles. The Morgan fingerprint density at radius 1 is 1.21 bits per heavy atom. The van der Waals surface area contributed by atoms with Gasteiger partial charge in [-0.1, -0.05) is 35.0 Å². The van der Waals surface area contributed by atoms with Crippen molar-refractivity contribution in [2.45, 2.75) is 33.7 Å². The van der Waals surface area contributed by atoms with E-state index in [9.17, 15) is 9.59 Å². The van der Waals surface area contributed by atoms with Crippen molar-refractivity contribution in [3.05, 3.63) is 63.3 Å². The van der Waals surface area contributed by atoms with Crippen molar-refractivity contribution in [3.63, 3.8) is 0 Å². The lowest BCUT2D eigenvalue weighted by Gasteiger charge is -2.07. The maximum atomic E-state index is 13.1. The highest BCUT2D eigenvalue weighted by atomic mass is 32.1. The topological polar surface area (TPSA) is 90.0 Å². The quantitative estimate of drug-likeness (QED) is 0.538. The number of nitrogens with one attached hydrogen (secondary N) is 1. The van der Waals surface area contributed by atoms with Gasteiger partial charge in [-0.25, -0.2) is 4.98 Å². The fourth-order valence-corrected chi connectivity index (χ4v) is 4.06. The zero-order chi connectivity index (χ0) is 20.5. The van der Waals surface area contributed by atoms with Crippen LogP contribution in [0.15, 0.2) is 45.3 Å². The lowest BCUT2D eigenvalue weighted by Crippen LogP contribution is -2.23. The van der Waals surface area contributed by atoms with E-state index in [2.05, 4.69) is 15.5 Å². The van der Waals surface area contributed by atoms with Crippen molar-refractivity contribution in [2.75, 3.05) is 5.32 Å². The van der Waals surface area contributed by atoms with Gasteiger partial charge < -0.3 is 9.84 Å². The first-order valence-corrected chi connectivity index (χ1v) is 10.1. The highest BCUT2D eigenvalue weighted by Crippen LogP contribution is 2.30. The van der Waals surface area contributed by atoms with E-state index in [4.69, 9.17) is 4.52 Å². The maximum Gasteiger partial charge on any atom is 0.262 e. The number of rotatable bonds is 5. The first kappa shape index (κ1) is 19.1. The first-order chi connectivity index (χ1) is 13.9. The molecule has 0 fully saturated rings. The minimum absolute atomic E-state index is 0.140. The molecule has 4 aromatic rings. The molecular weight excluding hydrogens is 388 g/mol. The molecule has 3 aromatic heterocycles. The molecule has 0 saturated carbocycles. The molecule has 1 amide bonds. The van der Waals surface area contributed by atoms with Crippen LogP contribution in [0.25, 0.3) is 21.3 Å². The Hall–Kier alpha value is -3.26. The summed E-state index contributed by atoms with van der Waals surface area (Å²) in [5.41, 5.74) is 4.07. The van der Waals surface area contributed by atoms with Gasteiger partial charge in [0, 0.05) is 23.9 Å². The lowest BCUT2D eigenvalue weighted by molar-refractivity contribution is -0.116. The number of carbonyl (C=O) groups excluding carboxylic acids is 1. The third kappa shape index (κ3) is 3.71. The molecule has 1 N–H and O–H groups in total. The van der Waals surface area contributed by atoms with Gasteiger partial charge in [0.2, 0.25) is 5.91 Å². The summed E-state index contributed by atoms with van der Waals surface area (Å²) in [6, 6.07) is 8.05. The number of carbonyl (C=O) groups is 1. The van der Waals surface area contributed by atoms with Gasteiger partial charge in [0.1, 0.15) is 16.2 Å². The molecule has 0 spiro atoms. The zero-order valence-electron chi connectivity index (χ0n) is 16.4. The van der Waals surface area contributed by atoms with E-state index in [1.165, 1.54) is 22.2 Å². The average Bonchev–Trinajstić information content (AvgIpc) is 3.27. The van der Waals surface area contributed by atoms with Crippen LogP contribution in [-0.4, -0.2) is 20.6 Å². The monoisotopic (exact) mass is 408 g/mol. The van der Waals surface area contributed by atoms with E-state index >= 15 is 0 Å². The molecule has 0 unspecified atom stereocenters. The van der Waals surface area contributed by atoms with Gasteiger partial charge in [-0.2, -0.15) is 0 Å². The van der Waals surface area contributed by atoms with Crippen LogP contribution < -0.4 is 10.9 Å². The predicted molar refractivity (Wildman–Crippen MR) is 113 cm³/mol. The first-order valence-electron chi connectivity index (χ1n) is 9.20. The standard InChI is InChI=1S/C21H20N4O3S/c1-12-4-6-15(7-5-12)16-10-29-20-18(16)21(27)25(11-22-20)9-8-17(26)23-19-13(2)24-28-14(19)3/h4-7,10-11H,8-9H2,1-3H3,(H,23,26). The van der Waals surface area contributed by atoms with Crippen LogP contribution in [0.3, 0.4) is 0 Å². The van der Waals surface area contributed by atoms with E-state index in [-0.39, 0.29) is 24.4 Å². The van der Waals surface area contributed by atoms with E-state index in [0.717, 1.165) is 16.7 Å². The van der Waals surface area contributed by atoms with Crippen LogP contribution >= 0.6 is 11.3 Å². The van der Waals surface area contributed by atoms with Crippen LogP contribution in [0.5, 0.6) is 0 Å². The predicted octanol–water partition coefficient (Wildman–Crippen LogP) is 4.07. The van der Waals surface area contributed by atoms with Crippen LogP contribution in [0.4, 0.5) is 5.69 Å². The second kappa shape index (κ2) is 7.63. The summed E-state index contributed by atoms with van der Waals surface area (Å²) in [5.74, 6) is 0.340. The summed E-state index contributed by atoms with van der Waals surface area (Å²) in [4.78, 5) is 30.5. The van der Waals surface area contributed by atoms with Crippen molar-refractivity contribution in [2.24, 2.45) is 0 Å². The van der Waals surface area contributed by atoms with E-state index in [1.54, 1.807) is 13.8 Å². The second-order valence-electron chi connectivity index (χ2n) is 6.94. The Kier molecular flexibility index (Phi) is 5.02. The molecule has 29 heavy (non-hydrogen) atoms. The molecule has 4 rings (SSSR count). The Morgan fingerprint density at radius 2 is 1.97 bits per heavy atom. The summed E-state index contributed by atoms with van der Waals surface area (Å²) >= 11 is 1.45. The van der Waals surface area contributed by atoms with Gasteiger partial charge in [-0.15, -0.1) is 11.3 Å². The number of fused-ring (bicyclic) bond motifs is 1. The largest absolute Gasteiger partial charge is 0.359 e. The average molecular weight is 408 g/mol. The Labute approximate surface area is 171 Å². The number of hydrogen-bond donors (Lipinski definition) is 1. The third-order valence-electron chi connectivity index (χ3n) is 4.80. The molecule has 0 aliphatic heterocycles. The van der Waals surface area contributed by atoms with E-state index < -0.39 is 0 Å².